The summed E-state index contributed by atoms with van der Waals surface area (Å²) in [6.45, 7) is 2.84. The van der Waals surface area contributed by atoms with Gasteiger partial charge in [0.2, 0.25) is 5.95 Å². The van der Waals surface area contributed by atoms with E-state index in [1.807, 2.05) is 0 Å². The van der Waals surface area contributed by atoms with Crippen molar-refractivity contribution in [2.45, 2.75) is 25.3 Å². The van der Waals surface area contributed by atoms with Crippen molar-refractivity contribution >= 4 is 46.7 Å². The van der Waals surface area contributed by atoms with E-state index < -0.39 is 5.91 Å². The zero-order valence-electron chi connectivity index (χ0n) is 18.9. The first-order valence-corrected chi connectivity index (χ1v) is 13.4. The lowest BCUT2D eigenvalue weighted by Gasteiger charge is -2.32. The summed E-state index contributed by atoms with van der Waals surface area (Å²) < 4.78 is 14.3. The summed E-state index contributed by atoms with van der Waals surface area (Å²) in [6, 6.07) is 5.02. The highest BCUT2D eigenvalue weighted by molar-refractivity contribution is 8.18. The third kappa shape index (κ3) is 5.91. The summed E-state index contributed by atoms with van der Waals surface area (Å²) in [5.74, 6) is 1.64. The molecule has 0 aromatic carbocycles. The number of nitrogens with zero attached hydrogens (tertiary/aromatic N) is 4. The lowest BCUT2D eigenvalue weighted by Crippen LogP contribution is -2.38. The second-order valence-corrected chi connectivity index (χ2v) is 10.6. The predicted molar refractivity (Wildman–Crippen MR) is 136 cm³/mol. The number of piperidine rings is 1. The Bertz CT molecular complexity index is 1180. The van der Waals surface area contributed by atoms with Crippen LogP contribution in [0.3, 0.4) is 0 Å². The van der Waals surface area contributed by atoms with E-state index in [0.29, 0.717) is 34.7 Å². The van der Waals surface area contributed by atoms with E-state index >= 15 is 0 Å². The van der Waals surface area contributed by atoms with Gasteiger partial charge in [0.15, 0.2) is 0 Å². The number of imide groups is 1. The zero-order valence-corrected chi connectivity index (χ0v) is 20.6. The van der Waals surface area contributed by atoms with Crippen molar-refractivity contribution in [3.8, 4) is 0 Å². The van der Waals surface area contributed by atoms with Crippen molar-refractivity contribution in [1.29, 1.82) is 0 Å². The number of carbonyl (C=O) groups is 2. The van der Waals surface area contributed by atoms with Gasteiger partial charge >= 0.3 is 0 Å². The van der Waals surface area contributed by atoms with Crippen molar-refractivity contribution in [3.63, 3.8) is 0 Å². The Labute approximate surface area is 211 Å². The van der Waals surface area contributed by atoms with Gasteiger partial charge in [0.25, 0.3) is 11.1 Å². The molecule has 3 aliphatic rings. The molecule has 2 saturated heterocycles. The lowest BCUT2D eigenvalue weighted by molar-refractivity contribution is -0.115. The van der Waals surface area contributed by atoms with E-state index in [1.165, 1.54) is 6.07 Å². The molecule has 8 nitrogen and oxygen atoms in total. The molecule has 5 heterocycles. The van der Waals surface area contributed by atoms with Crippen LogP contribution in [0, 0.1) is 11.7 Å². The summed E-state index contributed by atoms with van der Waals surface area (Å²) in [5.41, 5.74) is 1.99. The molecule has 2 fully saturated rings. The van der Waals surface area contributed by atoms with Crippen LogP contribution < -0.4 is 15.5 Å². The number of nitrogens with one attached hydrogen (secondary N) is 2. The first-order valence-electron chi connectivity index (χ1n) is 11.5. The van der Waals surface area contributed by atoms with Crippen LogP contribution in [0.2, 0.25) is 0 Å². The van der Waals surface area contributed by atoms with Gasteiger partial charge in [0.1, 0.15) is 5.82 Å². The van der Waals surface area contributed by atoms with Gasteiger partial charge in [-0.2, -0.15) is 0 Å². The van der Waals surface area contributed by atoms with E-state index in [9.17, 15) is 14.0 Å². The van der Waals surface area contributed by atoms with E-state index in [4.69, 9.17) is 0 Å². The molecule has 11 heteroatoms. The number of carbonyl (C=O) groups excluding carboxylic acids is 2. The third-order valence-corrected chi connectivity index (χ3v) is 7.92. The minimum absolute atomic E-state index is 0.261. The number of hydrogen-bond donors (Lipinski definition) is 2. The van der Waals surface area contributed by atoms with Crippen LogP contribution in [0.4, 0.5) is 15.1 Å². The van der Waals surface area contributed by atoms with Crippen LogP contribution in [-0.4, -0.2) is 51.5 Å². The largest absolute Gasteiger partial charge is 0.341 e. The highest BCUT2D eigenvalue weighted by Gasteiger charge is 2.26. The number of thioether (sulfide) groups is 2. The minimum atomic E-state index is -0.398. The van der Waals surface area contributed by atoms with Crippen molar-refractivity contribution < 1.29 is 14.0 Å². The fourth-order valence-electron chi connectivity index (χ4n) is 4.26. The molecule has 2 aromatic heterocycles. The Hall–Kier alpha value is -2.76. The minimum Gasteiger partial charge on any atom is -0.341 e. The molecule has 5 rings (SSSR count). The molecule has 0 radical (unpaired) electrons. The summed E-state index contributed by atoms with van der Waals surface area (Å²) in [5, 5.41) is 7.34. The lowest BCUT2D eigenvalue weighted by atomic mass is 9.97. The maximum atomic E-state index is 14.3. The van der Waals surface area contributed by atoms with Crippen LogP contribution in [0.5, 0.6) is 0 Å². The Morgan fingerprint density at radius 2 is 2.06 bits per heavy atom. The van der Waals surface area contributed by atoms with Crippen molar-refractivity contribution in [2.24, 2.45) is 5.92 Å². The topological polar surface area (TPSA) is 100 Å². The predicted octanol–water partition coefficient (Wildman–Crippen LogP) is 3.68. The van der Waals surface area contributed by atoms with E-state index in [2.05, 4.69) is 42.0 Å². The maximum absolute atomic E-state index is 14.3. The Morgan fingerprint density at radius 3 is 2.80 bits per heavy atom. The van der Waals surface area contributed by atoms with Gasteiger partial charge < -0.3 is 10.2 Å². The number of halogens is 1. The van der Waals surface area contributed by atoms with E-state index in [0.717, 1.165) is 55.7 Å². The molecule has 2 aromatic rings. The average molecular weight is 513 g/mol. The summed E-state index contributed by atoms with van der Waals surface area (Å²) in [6.07, 6.45) is 7.33. The Balaban J connectivity index is 1.12. The number of hydrogen-bond acceptors (Lipinski definition) is 9. The van der Waals surface area contributed by atoms with Gasteiger partial charge in [-0.1, -0.05) is 6.08 Å². The van der Waals surface area contributed by atoms with Crippen LogP contribution in [0.15, 0.2) is 40.8 Å². The van der Waals surface area contributed by atoms with E-state index in [-0.39, 0.29) is 17.0 Å². The molecule has 1 atom stereocenters. The molecule has 3 aliphatic heterocycles. The Morgan fingerprint density at radius 1 is 1.20 bits per heavy atom. The van der Waals surface area contributed by atoms with Crippen LogP contribution >= 0.6 is 23.5 Å². The molecule has 0 aliphatic carbocycles. The summed E-state index contributed by atoms with van der Waals surface area (Å²) in [4.78, 5) is 39.1. The number of allylic oxidation sites excluding steroid dienone is 1. The quantitative estimate of drug-likeness (QED) is 0.538. The summed E-state index contributed by atoms with van der Waals surface area (Å²) >= 11 is 2.63. The number of amides is 2. The summed E-state index contributed by atoms with van der Waals surface area (Å²) in [7, 11) is 0. The van der Waals surface area contributed by atoms with Crippen molar-refractivity contribution in [1.82, 2.24) is 25.6 Å². The standard InChI is InChI=1S/C24H25FN6O2S2/c25-18-1-2-19(16-6-10-34-14-16)29-20(18)13-26-12-15-4-8-31(9-5-15)23-27-7-3-17(28-23)11-21-22(32)30-24(33)35-21/h1-3,6-7,10-11,15-16,26H,4-5,8-9,12-14H2,(H,30,32,33)/b21-11-. The number of aromatic nitrogens is 3. The third-order valence-electron chi connectivity index (χ3n) is 6.21. The Kier molecular flexibility index (Phi) is 7.45. The molecular formula is C24H25FN6O2S2. The second-order valence-electron chi connectivity index (χ2n) is 8.63. The molecule has 0 spiro atoms. The molecule has 2 N–H and O–H groups in total. The van der Waals surface area contributed by atoms with Crippen LogP contribution in [0.1, 0.15) is 35.8 Å². The van der Waals surface area contributed by atoms with Crippen LogP contribution in [0.25, 0.3) is 6.08 Å². The highest BCUT2D eigenvalue weighted by Crippen LogP contribution is 2.29. The van der Waals surface area contributed by atoms with Gasteiger partial charge in [-0.25, -0.2) is 14.4 Å². The zero-order chi connectivity index (χ0) is 24.2. The van der Waals surface area contributed by atoms with Crippen molar-refractivity contribution in [3.05, 3.63) is 63.7 Å². The van der Waals surface area contributed by atoms with Gasteiger partial charge in [0.05, 0.1) is 16.3 Å². The molecule has 182 valence electrons. The molecule has 35 heavy (non-hydrogen) atoms. The first kappa shape index (κ1) is 24.0. The van der Waals surface area contributed by atoms with Crippen LogP contribution in [-0.2, 0) is 11.3 Å². The number of anilines is 1. The maximum Gasteiger partial charge on any atom is 0.290 e. The molecule has 0 saturated carbocycles. The number of rotatable bonds is 7. The van der Waals surface area contributed by atoms with Crippen molar-refractivity contribution in [2.75, 3.05) is 30.3 Å². The highest BCUT2D eigenvalue weighted by atomic mass is 32.2. The molecule has 1 unspecified atom stereocenters. The second kappa shape index (κ2) is 10.9. The van der Waals surface area contributed by atoms with Gasteiger partial charge in [-0.15, -0.1) is 11.8 Å². The van der Waals surface area contributed by atoms with E-state index in [1.54, 1.807) is 36.2 Å². The molecular weight excluding hydrogens is 487 g/mol. The fourth-order valence-corrected chi connectivity index (χ4v) is 5.83. The normalized spacial score (nSPS) is 21.8. The monoisotopic (exact) mass is 512 g/mol. The smallest absolute Gasteiger partial charge is 0.290 e. The van der Waals surface area contributed by atoms with Gasteiger partial charge in [0, 0.05) is 43.2 Å². The average Bonchev–Trinajstić information content (AvgIpc) is 3.51. The first-order chi connectivity index (χ1) is 17.0. The van der Waals surface area contributed by atoms with Gasteiger partial charge in [-0.3, -0.25) is 19.9 Å². The molecule has 0 bridgehead atoms. The SMILES string of the molecule is O=C1NC(=O)/C(=C/c2ccnc(N3CCC(CNCc4nc(C5C=CSC5)ccc4F)CC3)n2)S1. The number of pyridine rings is 1. The fraction of sp³-hybridized carbons (Fsp3) is 0.375. The molecule has 2 amide bonds. The van der Waals surface area contributed by atoms with Gasteiger partial charge in [-0.05, 0) is 66.7 Å².